The molecule has 0 fully saturated rings. The van der Waals surface area contributed by atoms with Crippen LogP contribution in [0.3, 0.4) is 0 Å². The number of nitrogens with two attached hydrogens (primary N) is 1. The van der Waals surface area contributed by atoms with Crippen LogP contribution in [0.15, 0.2) is 24.4 Å². The van der Waals surface area contributed by atoms with Gasteiger partial charge in [-0.3, -0.25) is 4.79 Å². The van der Waals surface area contributed by atoms with Crippen LogP contribution in [0.25, 0.3) is 10.9 Å². The number of ether oxygens (including phenoxy) is 1. The van der Waals surface area contributed by atoms with Gasteiger partial charge in [0.25, 0.3) is 5.91 Å². The number of carbonyl (C=O) groups is 1. The Morgan fingerprint density at radius 2 is 2.25 bits per heavy atom. The summed E-state index contributed by atoms with van der Waals surface area (Å²) in [5.41, 5.74) is 7.95. The van der Waals surface area contributed by atoms with Crippen molar-refractivity contribution in [1.29, 1.82) is 0 Å². The van der Waals surface area contributed by atoms with Gasteiger partial charge in [-0.25, -0.2) is 0 Å². The number of carbonyl (C=O) groups excluding carboxylic acids is 1. The number of hydrogen-bond acceptors (Lipinski definition) is 3. The molecule has 1 aromatic heterocycles. The first kappa shape index (κ1) is 14.4. The average molecular weight is 275 g/mol. The Kier molecular flexibility index (Phi) is 5.01. The second-order valence-electron chi connectivity index (χ2n) is 4.73. The molecule has 4 N–H and O–H groups in total. The van der Waals surface area contributed by atoms with E-state index in [-0.39, 0.29) is 5.91 Å². The SMILES string of the molecule is CCCOCCCNC(=O)c1c[nH]c2ccc(N)cc12. The van der Waals surface area contributed by atoms with Gasteiger partial charge in [0.05, 0.1) is 5.56 Å². The lowest BCUT2D eigenvalue weighted by Crippen LogP contribution is -2.25. The molecule has 0 aliphatic heterocycles. The summed E-state index contributed by atoms with van der Waals surface area (Å²) < 4.78 is 5.37. The smallest absolute Gasteiger partial charge is 0.253 e. The first-order valence-electron chi connectivity index (χ1n) is 6.95. The van der Waals surface area contributed by atoms with E-state index in [4.69, 9.17) is 10.5 Å². The van der Waals surface area contributed by atoms with Gasteiger partial charge in [-0.1, -0.05) is 6.92 Å². The number of aromatic nitrogens is 1. The van der Waals surface area contributed by atoms with Crippen molar-refractivity contribution in [2.45, 2.75) is 19.8 Å². The molecule has 0 saturated carbocycles. The quantitative estimate of drug-likeness (QED) is 0.536. The number of anilines is 1. The van der Waals surface area contributed by atoms with E-state index >= 15 is 0 Å². The zero-order valence-electron chi connectivity index (χ0n) is 11.7. The summed E-state index contributed by atoms with van der Waals surface area (Å²) >= 11 is 0. The molecule has 0 saturated heterocycles. The van der Waals surface area contributed by atoms with Crippen molar-refractivity contribution < 1.29 is 9.53 Å². The molecule has 2 rings (SSSR count). The van der Waals surface area contributed by atoms with Gasteiger partial charge in [0.15, 0.2) is 0 Å². The summed E-state index contributed by atoms with van der Waals surface area (Å²) in [5.74, 6) is -0.0858. The van der Waals surface area contributed by atoms with Crippen LogP contribution in [0.2, 0.25) is 0 Å². The molecule has 0 aliphatic carbocycles. The van der Waals surface area contributed by atoms with E-state index in [1.54, 1.807) is 6.20 Å². The molecule has 0 unspecified atom stereocenters. The summed E-state index contributed by atoms with van der Waals surface area (Å²) in [6.45, 7) is 4.13. The van der Waals surface area contributed by atoms with Gasteiger partial charge in [-0.15, -0.1) is 0 Å². The molecule has 1 heterocycles. The van der Waals surface area contributed by atoms with E-state index in [0.717, 1.165) is 30.4 Å². The Labute approximate surface area is 118 Å². The standard InChI is InChI=1S/C15H21N3O2/c1-2-7-20-8-3-6-17-15(19)13-10-18-14-5-4-11(16)9-12(13)14/h4-5,9-10,18H,2-3,6-8,16H2,1H3,(H,17,19). The molecule has 0 spiro atoms. The van der Waals surface area contributed by atoms with Crippen molar-refractivity contribution in [3.8, 4) is 0 Å². The molecule has 108 valence electrons. The number of nitrogens with one attached hydrogen (secondary N) is 2. The number of fused-ring (bicyclic) bond motifs is 1. The van der Waals surface area contributed by atoms with Crippen molar-refractivity contribution >= 4 is 22.5 Å². The Morgan fingerprint density at radius 1 is 1.40 bits per heavy atom. The van der Waals surface area contributed by atoms with Crippen molar-refractivity contribution in [1.82, 2.24) is 10.3 Å². The van der Waals surface area contributed by atoms with E-state index in [0.29, 0.717) is 24.4 Å². The van der Waals surface area contributed by atoms with E-state index in [1.165, 1.54) is 0 Å². The lowest BCUT2D eigenvalue weighted by molar-refractivity contribution is 0.0943. The van der Waals surface area contributed by atoms with Crippen LogP contribution >= 0.6 is 0 Å². The second-order valence-corrected chi connectivity index (χ2v) is 4.73. The highest BCUT2D eigenvalue weighted by Gasteiger charge is 2.11. The topological polar surface area (TPSA) is 80.1 Å². The van der Waals surface area contributed by atoms with Crippen molar-refractivity contribution in [3.05, 3.63) is 30.0 Å². The number of benzene rings is 1. The lowest BCUT2D eigenvalue weighted by atomic mass is 10.1. The maximum Gasteiger partial charge on any atom is 0.253 e. The van der Waals surface area contributed by atoms with Gasteiger partial charge in [-0.2, -0.15) is 0 Å². The average Bonchev–Trinajstić information content (AvgIpc) is 2.85. The molecule has 0 aliphatic rings. The number of amides is 1. The predicted octanol–water partition coefficient (Wildman–Crippen LogP) is 2.30. The zero-order valence-corrected chi connectivity index (χ0v) is 11.7. The van der Waals surface area contributed by atoms with Crippen LogP contribution in [-0.4, -0.2) is 30.6 Å². The second kappa shape index (κ2) is 6.96. The molecule has 0 atom stereocenters. The number of aromatic amines is 1. The van der Waals surface area contributed by atoms with E-state index in [1.807, 2.05) is 18.2 Å². The summed E-state index contributed by atoms with van der Waals surface area (Å²) in [6.07, 6.45) is 3.55. The van der Waals surface area contributed by atoms with Gasteiger partial charge in [-0.05, 0) is 31.0 Å². The van der Waals surface area contributed by atoms with Gasteiger partial charge < -0.3 is 20.8 Å². The summed E-state index contributed by atoms with van der Waals surface area (Å²) in [6, 6.07) is 5.50. The number of H-pyrrole nitrogens is 1. The van der Waals surface area contributed by atoms with Gasteiger partial charge >= 0.3 is 0 Å². The molecular formula is C15H21N3O2. The number of hydrogen-bond donors (Lipinski definition) is 3. The fraction of sp³-hybridized carbons (Fsp3) is 0.400. The molecular weight excluding hydrogens is 254 g/mol. The first-order valence-corrected chi connectivity index (χ1v) is 6.95. The number of nitrogen functional groups attached to an aromatic ring is 1. The Balaban J connectivity index is 1.89. The Hall–Kier alpha value is -2.01. The van der Waals surface area contributed by atoms with Crippen LogP contribution in [0.4, 0.5) is 5.69 Å². The third-order valence-corrected chi connectivity index (χ3v) is 3.05. The molecule has 5 nitrogen and oxygen atoms in total. The first-order chi connectivity index (χ1) is 9.72. The van der Waals surface area contributed by atoms with Gasteiger partial charge in [0.1, 0.15) is 0 Å². The maximum absolute atomic E-state index is 12.1. The van der Waals surface area contributed by atoms with Gasteiger partial charge in [0.2, 0.25) is 0 Å². The van der Waals surface area contributed by atoms with Crippen LogP contribution < -0.4 is 11.1 Å². The minimum absolute atomic E-state index is 0.0858. The van der Waals surface area contributed by atoms with E-state index in [2.05, 4.69) is 17.2 Å². The summed E-state index contributed by atoms with van der Waals surface area (Å²) in [4.78, 5) is 15.2. The molecule has 5 heteroatoms. The van der Waals surface area contributed by atoms with Crippen molar-refractivity contribution in [2.24, 2.45) is 0 Å². The highest BCUT2D eigenvalue weighted by Crippen LogP contribution is 2.20. The van der Waals surface area contributed by atoms with Crippen LogP contribution in [-0.2, 0) is 4.74 Å². The minimum atomic E-state index is -0.0858. The largest absolute Gasteiger partial charge is 0.399 e. The van der Waals surface area contributed by atoms with Crippen LogP contribution in [0.1, 0.15) is 30.1 Å². The predicted molar refractivity (Wildman–Crippen MR) is 80.8 cm³/mol. The highest BCUT2D eigenvalue weighted by molar-refractivity contribution is 6.07. The third-order valence-electron chi connectivity index (χ3n) is 3.05. The lowest BCUT2D eigenvalue weighted by Gasteiger charge is -2.05. The van der Waals surface area contributed by atoms with Gasteiger partial charge in [0, 0.05) is 42.5 Å². The number of rotatable bonds is 7. The van der Waals surface area contributed by atoms with E-state index < -0.39 is 0 Å². The molecule has 1 amide bonds. The highest BCUT2D eigenvalue weighted by atomic mass is 16.5. The van der Waals surface area contributed by atoms with Crippen molar-refractivity contribution in [2.75, 3.05) is 25.5 Å². The van der Waals surface area contributed by atoms with E-state index in [9.17, 15) is 4.79 Å². The fourth-order valence-electron chi connectivity index (χ4n) is 2.04. The Bertz CT molecular complexity index is 578. The fourth-order valence-corrected chi connectivity index (χ4v) is 2.04. The van der Waals surface area contributed by atoms with Crippen LogP contribution in [0.5, 0.6) is 0 Å². The Morgan fingerprint density at radius 3 is 3.05 bits per heavy atom. The maximum atomic E-state index is 12.1. The molecule has 2 aromatic rings. The summed E-state index contributed by atoms with van der Waals surface area (Å²) in [5, 5.41) is 3.75. The normalized spacial score (nSPS) is 10.8. The molecule has 20 heavy (non-hydrogen) atoms. The monoisotopic (exact) mass is 275 g/mol. The third kappa shape index (κ3) is 3.51. The molecule has 0 radical (unpaired) electrons. The molecule has 0 bridgehead atoms. The zero-order chi connectivity index (χ0) is 14.4. The minimum Gasteiger partial charge on any atom is -0.399 e. The molecule has 1 aromatic carbocycles. The van der Waals surface area contributed by atoms with Crippen LogP contribution in [0, 0.1) is 0 Å². The summed E-state index contributed by atoms with van der Waals surface area (Å²) in [7, 11) is 0. The van der Waals surface area contributed by atoms with Crippen molar-refractivity contribution in [3.63, 3.8) is 0 Å².